The number of nitrogens with zero attached hydrogens (tertiary/aromatic N) is 1. The highest BCUT2D eigenvalue weighted by Crippen LogP contribution is 2.25. The molecule has 1 fully saturated rings. The Kier molecular flexibility index (Phi) is 9.80. The van der Waals surface area contributed by atoms with Crippen molar-refractivity contribution in [2.24, 2.45) is 10.9 Å². The lowest BCUT2D eigenvalue weighted by Gasteiger charge is -2.25. The van der Waals surface area contributed by atoms with Gasteiger partial charge in [-0.3, -0.25) is 4.99 Å². The molecule has 0 heterocycles. The zero-order chi connectivity index (χ0) is 18.3. The van der Waals surface area contributed by atoms with Crippen molar-refractivity contribution in [2.75, 3.05) is 25.9 Å². The highest BCUT2D eigenvalue weighted by Gasteiger charge is 2.20. The topological polar surface area (TPSA) is 82.6 Å². The van der Waals surface area contributed by atoms with Gasteiger partial charge < -0.3 is 10.6 Å². The number of nitrogens with one attached hydrogen (secondary N) is 3. The molecule has 0 aliphatic heterocycles. The molecule has 26 heavy (non-hydrogen) atoms. The molecule has 0 unspecified atom stereocenters. The highest BCUT2D eigenvalue weighted by atomic mass is 127. The fraction of sp³-hybridized carbons (Fsp3) is 0.588. The molecule has 0 amide bonds. The van der Waals surface area contributed by atoms with Crippen LogP contribution in [0.15, 0.2) is 23.2 Å². The Morgan fingerprint density at radius 1 is 1.31 bits per heavy atom. The second-order valence-electron chi connectivity index (χ2n) is 6.40. The first-order valence-electron chi connectivity index (χ1n) is 8.56. The third-order valence-corrected chi connectivity index (χ3v) is 5.75. The first-order chi connectivity index (χ1) is 11.9. The third-order valence-electron chi connectivity index (χ3n) is 4.40. The van der Waals surface area contributed by atoms with E-state index in [0.29, 0.717) is 30.5 Å². The average molecular weight is 498 g/mol. The van der Waals surface area contributed by atoms with Crippen molar-refractivity contribution in [1.82, 2.24) is 15.4 Å². The largest absolute Gasteiger partial charge is 0.355 e. The van der Waals surface area contributed by atoms with Gasteiger partial charge in [-0.1, -0.05) is 18.6 Å². The zero-order valence-electron chi connectivity index (χ0n) is 15.2. The highest BCUT2D eigenvalue weighted by molar-refractivity contribution is 14.0. The summed E-state index contributed by atoms with van der Waals surface area (Å²) in [5, 5.41) is 6.01. The van der Waals surface area contributed by atoms with Gasteiger partial charge in [0.25, 0.3) is 0 Å². The summed E-state index contributed by atoms with van der Waals surface area (Å²) in [7, 11) is -1.67. The van der Waals surface area contributed by atoms with Gasteiger partial charge in [-0.05, 0) is 42.9 Å². The van der Waals surface area contributed by atoms with Gasteiger partial charge in [-0.25, -0.2) is 17.5 Å². The van der Waals surface area contributed by atoms with Crippen molar-refractivity contribution in [3.63, 3.8) is 0 Å². The van der Waals surface area contributed by atoms with Crippen LogP contribution < -0.4 is 15.4 Å². The van der Waals surface area contributed by atoms with Crippen LogP contribution in [-0.2, 0) is 16.6 Å². The van der Waals surface area contributed by atoms with Crippen LogP contribution in [-0.4, -0.2) is 40.3 Å². The second kappa shape index (κ2) is 11.0. The van der Waals surface area contributed by atoms with Crippen LogP contribution in [0.2, 0.25) is 0 Å². The lowest BCUT2D eigenvalue weighted by atomic mass is 9.86. The third kappa shape index (κ3) is 7.75. The minimum atomic E-state index is -3.28. The van der Waals surface area contributed by atoms with Crippen molar-refractivity contribution in [1.29, 1.82) is 0 Å². The van der Waals surface area contributed by atoms with Gasteiger partial charge in [0, 0.05) is 26.7 Å². The molecule has 3 N–H and O–H groups in total. The monoisotopic (exact) mass is 498 g/mol. The first-order valence-corrected chi connectivity index (χ1v) is 10.2. The number of aliphatic imine (C=N–C) groups is 1. The number of hydrogen-bond acceptors (Lipinski definition) is 3. The number of sulfonamides is 1. The lowest BCUT2D eigenvalue weighted by Crippen LogP contribution is -2.41. The minimum Gasteiger partial charge on any atom is -0.355 e. The van der Waals surface area contributed by atoms with Crippen LogP contribution >= 0.6 is 24.0 Å². The standard InChI is InChI=1S/C17H27FN4O2S.HI/c1-13-6-7-15(10-16(13)18)11-21-17(19-2)20-8-9-25(23,24)22-12-14-4-3-5-14;/h6-7,10,14,22H,3-5,8-9,11-12H2,1-2H3,(H2,19,20,21);1H. The molecular formula is C17H28FIN4O2S. The SMILES string of the molecule is CN=C(NCCS(=O)(=O)NCC1CCC1)NCc1ccc(C)c(F)c1.I. The van der Waals surface area contributed by atoms with Crippen LogP contribution in [0.5, 0.6) is 0 Å². The van der Waals surface area contributed by atoms with Crippen molar-refractivity contribution < 1.29 is 12.8 Å². The van der Waals surface area contributed by atoms with Crippen LogP contribution in [0.1, 0.15) is 30.4 Å². The fourth-order valence-electron chi connectivity index (χ4n) is 2.47. The molecule has 1 aliphatic carbocycles. The van der Waals surface area contributed by atoms with E-state index in [1.807, 2.05) is 6.07 Å². The summed E-state index contributed by atoms with van der Waals surface area (Å²) >= 11 is 0. The first kappa shape index (κ1) is 23.1. The maximum atomic E-state index is 13.5. The summed E-state index contributed by atoms with van der Waals surface area (Å²) in [6.07, 6.45) is 3.41. The van der Waals surface area contributed by atoms with Gasteiger partial charge in [0.2, 0.25) is 10.0 Å². The predicted octanol–water partition coefficient (Wildman–Crippen LogP) is 2.14. The van der Waals surface area contributed by atoms with E-state index < -0.39 is 10.0 Å². The molecule has 148 valence electrons. The van der Waals surface area contributed by atoms with E-state index in [0.717, 1.165) is 18.4 Å². The van der Waals surface area contributed by atoms with E-state index in [4.69, 9.17) is 0 Å². The molecule has 1 saturated carbocycles. The molecule has 1 aromatic rings. The van der Waals surface area contributed by atoms with Gasteiger partial charge >= 0.3 is 0 Å². The van der Waals surface area contributed by atoms with Gasteiger partial charge in [0.1, 0.15) is 5.82 Å². The van der Waals surface area contributed by atoms with E-state index in [1.54, 1.807) is 20.0 Å². The summed E-state index contributed by atoms with van der Waals surface area (Å²) in [5.74, 6) is 0.715. The van der Waals surface area contributed by atoms with Crippen LogP contribution in [0.4, 0.5) is 4.39 Å². The van der Waals surface area contributed by atoms with E-state index in [1.165, 1.54) is 12.5 Å². The quantitative estimate of drug-likeness (QED) is 0.292. The number of aryl methyl sites for hydroxylation is 1. The van der Waals surface area contributed by atoms with Crippen LogP contribution in [0.3, 0.4) is 0 Å². The Morgan fingerprint density at radius 2 is 2.04 bits per heavy atom. The maximum absolute atomic E-state index is 13.5. The molecule has 0 aromatic heterocycles. The Bertz CT molecular complexity index is 709. The molecule has 2 rings (SSSR count). The predicted molar refractivity (Wildman–Crippen MR) is 114 cm³/mol. The molecule has 0 atom stereocenters. The molecular weight excluding hydrogens is 470 g/mol. The second-order valence-corrected chi connectivity index (χ2v) is 8.33. The van der Waals surface area contributed by atoms with Gasteiger partial charge in [-0.2, -0.15) is 0 Å². The normalized spacial score (nSPS) is 15.1. The van der Waals surface area contributed by atoms with Crippen molar-refractivity contribution in [3.05, 3.63) is 35.1 Å². The Morgan fingerprint density at radius 3 is 2.62 bits per heavy atom. The van der Waals surface area contributed by atoms with Crippen molar-refractivity contribution in [2.45, 2.75) is 32.7 Å². The molecule has 6 nitrogen and oxygen atoms in total. The average Bonchev–Trinajstić information content (AvgIpc) is 2.52. The molecule has 0 radical (unpaired) electrons. The summed E-state index contributed by atoms with van der Waals surface area (Å²) in [5.41, 5.74) is 1.40. The van der Waals surface area contributed by atoms with Crippen molar-refractivity contribution in [3.8, 4) is 0 Å². The maximum Gasteiger partial charge on any atom is 0.213 e. The number of benzene rings is 1. The number of hydrogen-bond donors (Lipinski definition) is 3. The van der Waals surface area contributed by atoms with E-state index >= 15 is 0 Å². The van der Waals surface area contributed by atoms with Crippen molar-refractivity contribution >= 4 is 40.0 Å². The van der Waals surface area contributed by atoms with E-state index in [2.05, 4.69) is 20.3 Å². The summed E-state index contributed by atoms with van der Waals surface area (Å²) in [6, 6.07) is 5.04. The number of halogens is 2. The molecule has 1 aromatic carbocycles. The summed E-state index contributed by atoms with van der Waals surface area (Å²) in [4.78, 5) is 4.04. The lowest BCUT2D eigenvalue weighted by molar-refractivity contribution is 0.316. The molecule has 0 bridgehead atoms. The minimum absolute atomic E-state index is 0. The Balaban J connectivity index is 0.00000338. The molecule has 1 aliphatic rings. The van der Waals surface area contributed by atoms with Gasteiger partial charge in [0.05, 0.1) is 5.75 Å². The molecule has 0 saturated heterocycles. The Labute approximate surface area is 172 Å². The van der Waals surface area contributed by atoms with E-state index in [-0.39, 0.29) is 42.1 Å². The molecule has 9 heteroatoms. The Hall–Kier alpha value is -0.940. The number of rotatable bonds is 8. The molecule has 0 spiro atoms. The van der Waals surface area contributed by atoms with E-state index in [9.17, 15) is 12.8 Å². The van der Waals surface area contributed by atoms with Gasteiger partial charge in [-0.15, -0.1) is 24.0 Å². The summed E-state index contributed by atoms with van der Waals surface area (Å²) in [6.45, 7) is 2.91. The summed E-state index contributed by atoms with van der Waals surface area (Å²) < 4.78 is 40.1. The smallest absolute Gasteiger partial charge is 0.213 e. The van der Waals surface area contributed by atoms with Crippen LogP contribution in [0.25, 0.3) is 0 Å². The number of guanidine groups is 1. The van der Waals surface area contributed by atoms with Crippen LogP contribution in [0, 0.1) is 18.7 Å². The zero-order valence-corrected chi connectivity index (χ0v) is 18.4. The van der Waals surface area contributed by atoms with Gasteiger partial charge in [0.15, 0.2) is 5.96 Å². The fourth-order valence-corrected chi connectivity index (χ4v) is 3.48.